The van der Waals surface area contributed by atoms with Gasteiger partial charge >= 0.3 is 5.97 Å². The lowest BCUT2D eigenvalue weighted by Gasteiger charge is -2.11. The number of hydrogen-bond acceptors (Lipinski definition) is 4. The van der Waals surface area contributed by atoms with E-state index in [-0.39, 0.29) is 18.8 Å². The van der Waals surface area contributed by atoms with Crippen molar-refractivity contribution in [2.75, 3.05) is 13.2 Å². The smallest absolute Gasteiger partial charge is 0.343 e. The summed E-state index contributed by atoms with van der Waals surface area (Å²) in [6, 6.07) is 4.90. The number of aromatic nitrogens is 1. The summed E-state index contributed by atoms with van der Waals surface area (Å²) in [5.74, 6) is -0.770. The van der Waals surface area contributed by atoms with Crippen LogP contribution in [0.2, 0.25) is 5.02 Å². The molecular weight excluding hydrogens is 294 g/mol. The van der Waals surface area contributed by atoms with Crippen LogP contribution >= 0.6 is 11.6 Å². The molecule has 0 radical (unpaired) electrons. The highest BCUT2D eigenvalue weighted by molar-refractivity contribution is 6.31. The van der Waals surface area contributed by atoms with E-state index in [0.29, 0.717) is 22.5 Å². The summed E-state index contributed by atoms with van der Waals surface area (Å²) in [6.45, 7) is 3.62. The second-order valence-corrected chi connectivity index (χ2v) is 4.77. The maximum atomic E-state index is 12.4. The number of pyridine rings is 1. The first kappa shape index (κ1) is 15.3. The van der Waals surface area contributed by atoms with Gasteiger partial charge < -0.3 is 14.4 Å². The monoisotopic (exact) mass is 307 g/mol. The number of aliphatic hydroxyl groups is 1. The van der Waals surface area contributed by atoms with Crippen molar-refractivity contribution in [3.63, 3.8) is 0 Å². The molecule has 0 aliphatic heterocycles. The predicted molar refractivity (Wildman–Crippen MR) is 80.8 cm³/mol. The van der Waals surface area contributed by atoms with Crippen molar-refractivity contribution in [2.45, 2.75) is 6.54 Å². The molecule has 0 saturated heterocycles. The first-order chi connectivity index (χ1) is 10.1. The molecule has 6 heteroatoms. The van der Waals surface area contributed by atoms with Crippen molar-refractivity contribution in [2.24, 2.45) is 0 Å². The van der Waals surface area contributed by atoms with Crippen LogP contribution in [-0.2, 0) is 11.3 Å². The zero-order chi connectivity index (χ0) is 15.4. The number of aliphatic hydroxyl groups excluding tert-OH is 1. The number of hydrogen-bond donors (Lipinski definition) is 1. The number of ether oxygens (including phenoxy) is 1. The molecule has 0 aliphatic rings. The fourth-order valence-corrected chi connectivity index (χ4v) is 2.19. The third-order valence-corrected chi connectivity index (χ3v) is 3.15. The average Bonchev–Trinajstić information content (AvgIpc) is 2.47. The van der Waals surface area contributed by atoms with Gasteiger partial charge in [-0.05, 0) is 18.2 Å². The van der Waals surface area contributed by atoms with E-state index in [9.17, 15) is 9.59 Å². The van der Waals surface area contributed by atoms with E-state index in [1.807, 2.05) is 0 Å². The van der Waals surface area contributed by atoms with Crippen molar-refractivity contribution in [3.8, 4) is 0 Å². The van der Waals surface area contributed by atoms with E-state index in [4.69, 9.17) is 21.4 Å². The minimum Gasteiger partial charge on any atom is -0.460 e. The molecule has 0 spiro atoms. The molecule has 0 atom stereocenters. The minimum atomic E-state index is -0.770. The largest absolute Gasteiger partial charge is 0.460 e. The highest BCUT2D eigenvalue weighted by Crippen LogP contribution is 2.18. The van der Waals surface area contributed by atoms with Crippen LogP contribution in [0.15, 0.2) is 41.8 Å². The first-order valence-corrected chi connectivity index (χ1v) is 6.68. The Morgan fingerprint density at radius 1 is 1.48 bits per heavy atom. The van der Waals surface area contributed by atoms with E-state index >= 15 is 0 Å². The Kier molecular flexibility index (Phi) is 4.77. The zero-order valence-corrected chi connectivity index (χ0v) is 12.0. The van der Waals surface area contributed by atoms with E-state index < -0.39 is 11.4 Å². The molecule has 1 heterocycles. The summed E-state index contributed by atoms with van der Waals surface area (Å²) < 4.78 is 6.53. The first-order valence-electron chi connectivity index (χ1n) is 6.30. The van der Waals surface area contributed by atoms with Crippen LogP contribution in [0.1, 0.15) is 10.4 Å². The Morgan fingerprint density at radius 3 is 2.90 bits per heavy atom. The quantitative estimate of drug-likeness (QED) is 0.677. The van der Waals surface area contributed by atoms with Crippen molar-refractivity contribution < 1.29 is 14.6 Å². The van der Waals surface area contributed by atoms with Crippen molar-refractivity contribution in [1.29, 1.82) is 0 Å². The number of carbonyl (C=O) groups excluding carboxylic acids is 1. The van der Waals surface area contributed by atoms with Gasteiger partial charge in [0.25, 0.3) is 0 Å². The van der Waals surface area contributed by atoms with Gasteiger partial charge in [0, 0.05) is 23.2 Å². The van der Waals surface area contributed by atoms with Gasteiger partial charge in [0.2, 0.25) is 5.43 Å². The Hall–Kier alpha value is -2.11. The lowest BCUT2D eigenvalue weighted by atomic mass is 10.1. The molecule has 0 fully saturated rings. The molecule has 0 aliphatic carbocycles. The molecular formula is C15H14ClNO4. The standard InChI is InChI=1S/C15H14ClNO4/c1-2-5-17-9-12(15(20)21-7-6-18)14(19)11-8-10(16)3-4-13(11)17/h2-4,8-9,18H,1,5-7H2. The molecule has 1 aromatic heterocycles. The summed E-state index contributed by atoms with van der Waals surface area (Å²) in [5.41, 5.74) is 0.110. The molecule has 0 unspecified atom stereocenters. The van der Waals surface area contributed by atoms with Gasteiger partial charge in [-0.25, -0.2) is 4.79 Å². The third-order valence-electron chi connectivity index (χ3n) is 2.91. The Balaban J connectivity index is 2.66. The predicted octanol–water partition coefficient (Wildman–Crippen LogP) is 1.99. The van der Waals surface area contributed by atoms with Crippen LogP contribution in [0.5, 0.6) is 0 Å². The zero-order valence-electron chi connectivity index (χ0n) is 11.2. The van der Waals surface area contributed by atoms with Gasteiger partial charge in [-0.2, -0.15) is 0 Å². The maximum Gasteiger partial charge on any atom is 0.343 e. The van der Waals surface area contributed by atoms with Gasteiger partial charge in [-0.1, -0.05) is 17.7 Å². The molecule has 1 N–H and O–H groups in total. The highest BCUT2D eigenvalue weighted by atomic mass is 35.5. The molecule has 0 bridgehead atoms. The fourth-order valence-electron chi connectivity index (χ4n) is 2.02. The number of allylic oxidation sites excluding steroid dienone is 1. The number of halogens is 1. The topological polar surface area (TPSA) is 68.5 Å². The van der Waals surface area contributed by atoms with Crippen LogP contribution in [-0.4, -0.2) is 28.9 Å². The van der Waals surface area contributed by atoms with Crippen LogP contribution in [0.4, 0.5) is 0 Å². The maximum absolute atomic E-state index is 12.4. The van der Waals surface area contributed by atoms with Gasteiger partial charge in [0.1, 0.15) is 12.2 Å². The highest BCUT2D eigenvalue weighted by Gasteiger charge is 2.16. The number of carbonyl (C=O) groups is 1. The van der Waals surface area contributed by atoms with Gasteiger partial charge in [0.05, 0.1) is 12.1 Å². The molecule has 2 rings (SSSR count). The fraction of sp³-hybridized carbons (Fsp3) is 0.200. The minimum absolute atomic E-state index is 0.0972. The lowest BCUT2D eigenvalue weighted by molar-refractivity contribution is 0.0431. The van der Waals surface area contributed by atoms with Gasteiger partial charge in [-0.15, -0.1) is 6.58 Å². The van der Waals surface area contributed by atoms with E-state index in [1.165, 1.54) is 12.3 Å². The van der Waals surface area contributed by atoms with Gasteiger partial charge in [0.15, 0.2) is 0 Å². The SMILES string of the molecule is C=CCn1cc(C(=O)OCCO)c(=O)c2cc(Cl)ccc21. The van der Waals surface area contributed by atoms with E-state index in [2.05, 4.69) is 6.58 Å². The average molecular weight is 308 g/mol. The number of fused-ring (bicyclic) bond motifs is 1. The second-order valence-electron chi connectivity index (χ2n) is 4.33. The van der Waals surface area contributed by atoms with Crippen LogP contribution in [0.3, 0.4) is 0 Å². The van der Waals surface area contributed by atoms with Crippen molar-refractivity contribution >= 4 is 28.5 Å². The molecule has 21 heavy (non-hydrogen) atoms. The number of esters is 1. The van der Waals surface area contributed by atoms with Crippen molar-refractivity contribution in [1.82, 2.24) is 4.57 Å². The summed E-state index contributed by atoms with van der Waals surface area (Å²) >= 11 is 5.92. The van der Waals surface area contributed by atoms with Crippen molar-refractivity contribution in [3.05, 3.63) is 57.9 Å². The number of rotatable bonds is 5. The molecule has 0 saturated carbocycles. The number of nitrogens with zero attached hydrogens (tertiary/aromatic N) is 1. The third kappa shape index (κ3) is 3.15. The van der Waals surface area contributed by atoms with Crippen LogP contribution < -0.4 is 5.43 Å². The summed E-state index contributed by atoms with van der Waals surface area (Å²) in [7, 11) is 0. The molecule has 1 aromatic carbocycles. The molecule has 2 aromatic rings. The van der Waals surface area contributed by atoms with E-state index in [0.717, 1.165) is 0 Å². The summed E-state index contributed by atoms with van der Waals surface area (Å²) in [6.07, 6.45) is 3.08. The molecule has 0 amide bonds. The Morgan fingerprint density at radius 2 is 2.24 bits per heavy atom. The normalized spacial score (nSPS) is 10.6. The second kappa shape index (κ2) is 6.56. The summed E-state index contributed by atoms with van der Waals surface area (Å²) in [5, 5.41) is 9.43. The molecule has 5 nitrogen and oxygen atoms in total. The Bertz CT molecular complexity index is 751. The molecule has 110 valence electrons. The van der Waals surface area contributed by atoms with Gasteiger partial charge in [-0.3, -0.25) is 4.79 Å². The van der Waals surface area contributed by atoms with E-state index in [1.54, 1.807) is 22.8 Å². The summed E-state index contributed by atoms with van der Waals surface area (Å²) in [4.78, 5) is 24.3. The Labute approximate surface area is 126 Å². The van der Waals surface area contributed by atoms with Crippen LogP contribution in [0, 0.1) is 0 Å². The number of benzene rings is 1. The van der Waals surface area contributed by atoms with Crippen LogP contribution in [0.25, 0.3) is 10.9 Å². The lowest BCUT2D eigenvalue weighted by Crippen LogP contribution is -2.21.